The Kier molecular flexibility index (Phi) is 3.83. The molecule has 0 aliphatic carbocycles. The number of para-hydroxylation sites is 1. The van der Waals surface area contributed by atoms with Gasteiger partial charge in [0.1, 0.15) is 0 Å². The topological polar surface area (TPSA) is 57.4 Å². The molecule has 0 radical (unpaired) electrons. The minimum Gasteiger partial charge on any atom is -0.376 e. The van der Waals surface area contributed by atoms with Gasteiger partial charge in [0.25, 0.3) is 5.95 Å². The molecule has 1 fully saturated rings. The largest absolute Gasteiger partial charge is 0.376 e. The SMILES string of the molecule is CN1CCN(c2noc(CNc3ccccc3)n2)CC1. The Bertz CT molecular complexity index is 534. The van der Waals surface area contributed by atoms with Gasteiger partial charge < -0.3 is 19.6 Å². The van der Waals surface area contributed by atoms with E-state index in [9.17, 15) is 0 Å². The fourth-order valence-electron chi connectivity index (χ4n) is 2.19. The summed E-state index contributed by atoms with van der Waals surface area (Å²) >= 11 is 0. The van der Waals surface area contributed by atoms with Gasteiger partial charge in [-0.2, -0.15) is 4.98 Å². The summed E-state index contributed by atoms with van der Waals surface area (Å²) in [6.45, 7) is 4.51. The van der Waals surface area contributed by atoms with Crippen LogP contribution in [0.2, 0.25) is 0 Å². The van der Waals surface area contributed by atoms with Crippen LogP contribution in [0.15, 0.2) is 34.9 Å². The number of benzene rings is 1. The molecule has 2 aromatic rings. The molecule has 1 N–H and O–H groups in total. The number of hydrogen-bond acceptors (Lipinski definition) is 6. The molecular weight excluding hydrogens is 254 g/mol. The number of aromatic nitrogens is 2. The van der Waals surface area contributed by atoms with Gasteiger partial charge in [0.05, 0.1) is 6.54 Å². The van der Waals surface area contributed by atoms with Crippen molar-refractivity contribution in [2.45, 2.75) is 6.54 Å². The first kappa shape index (κ1) is 12.9. The second-order valence-corrected chi connectivity index (χ2v) is 5.00. The number of likely N-dealkylation sites (N-methyl/N-ethyl adjacent to an activating group) is 1. The summed E-state index contributed by atoms with van der Waals surface area (Å²) in [6.07, 6.45) is 0. The number of anilines is 2. The summed E-state index contributed by atoms with van der Waals surface area (Å²) in [7, 11) is 2.13. The highest BCUT2D eigenvalue weighted by molar-refractivity contribution is 5.42. The fourth-order valence-corrected chi connectivity index (χ4v) is 2.19. The molecule has 0 spiro atoms. The number of piperazine rings is 1. The van der Waals surface area contributed by atoms with Crippen LogP contribution in [-0.2, 0) is 6.54 Å². The van der Waals surface area contributed by atoms with Crippen LogP contribution in [0.3, 0.4) is 0 Å². The van der Waals surface area contributed by atoms with Crippen LogP contribution >= 0.6 is 0 Å². The molecule has 2 heterocycles. The monoisotopic (exact) mass is 273 g/mol. The minimum atomic E-state index is 0.546. The summed E-state index contributed by atoms with van der Waals surface area (Å²) in [5.74, 6) is 1.31. The third-order valence-corrected chi connectivity index (χ3v) is 3.46. The lowest BCUT2D eigenvalue weighted by Crippen LogP contribution is -2.44. The van der Waals surface area contributed by atoms with Crippen molar-refractivity contribution in [3.8, 4) is 0 Å². The van der Waals surface area contributed by atoms with Crippen molar-refractivity contribution in [1.82, 2.24) is 15.0 Å². The van der Waals surface area contributed by atoms with Crippen molar-refractivity contribution in [3.05, 3.63) is 36.2 Å². The Morgan fingerprint density at radius 1 is 1.15 bits per heavy atom. The predicted octanol–water partition coefficient (Wildman–Crippen LogP) is 1.43. The zero-order valence-electron chi connectivity index (χ0n) is 11.6. The van der Waals surface area contributed by atoms with Crippen molar-refractivity contribution >= 4 is 11.6 Å². The minimum absolute atomic E-state index is 0.546. The molecule has 106 valence electrons. The summed E-state index contributed by atoms with van der Waals surface area (Å²) in [5.41, 5.74) is 1.05. The standard InChI is InChI=1S/C14H19N5O/c1-18-7-9-19(10-8-18)14-16-13(20-17-14)11-15-12-5-3-2-4-6-12/h2-6,15H,7-11H2,1H3. The summed E-state index contributed by atoms with van der Waals surface area (Å²) < 4.78 is 5.29. The van der Waals surface area contributed by atoms with E-state index in [2.05, 4.69) is 32.3 Å². The summed E-state index contributed by atoms with van der Waals surface area (Å²) in [5, 5.41) is 7.32. The van der Waals surface area contributed by atoms with Gasteiger partial charge >= 0.3 is 0 Å². The number of nitrogens with zero attached hydrogens (tertiary/aromatic N) is 4. The van der Waals surface area contributed by atoms with Crippen molar-refractivity contribution in [2.75, 3.05) is 43.4 Å². The second kappa shape index (κ2) is 5.92. The molecule has 0 amide bonds. The molecule has 0 atom stereocenters. The van der Waals surface area contributed by atoms with Gasteiger partial charge in [-0.25, -0.2) is 0 Å². The van der Waals surface area contributed by atoms with Gasteiger partial charge in [-0.1, -0.05) is 18.2 Å². The van der Waals surface area contributed by atoms with Gasteiger partial charge in [-0.05, 0) is 24.3 Å². The summed E-state index contributed by atoms with van der Waals surface area (Å²) in [4.78, 5) is 8.90. The fraction of sp³-hybridized carbons (Fsp3) is 0.429. The number of nitrogens with one attached hydrogen (secondary N) is 1. The highest BCUT2D eigenvalue weighted by Crippen LogP contribution is 2.13. The average Bonchev–Trinajstić information content (AvgIpc) is 2.96. The van der Waals surface area contributed by atoms with Crippen molar-refractivity contribution in [2.24, 2.45) is 0 Å². The zero-order valence-corrected chi connectivity index (χ0v) is 11.6. The van der Waals surface area contributed by atoms with Crippen LogP contribution in [0.1, 0.15) is 5.89 Å². The average molecular weight is 273 g/mol. The van der Waals surface area contributed by atoms with E-state index in [1.807, 2.05) is 30.3 Å². The van der Waals surface area contributed by atoms with Crippen LogP contribution in [0.4, 0.5) is 11.6 Å². The maximum Gasteiger partial charge on any atom is 0.266 e. The van der Waals surface area contributed by atoms with E-state index < -0.39 is 0 Å². The van der Waals surface area contributed by atoms with E-state index in [1.54, 1.807) is 0 Å². The number of rotatable bonds is 4. The van der Waals surface area contributed by atoms with E-state index in [0.717, 1.165) is 31.9 Å². The first-order chi connectivity index (χ1) is 9.81. The van der Waals surface area contributed by atoms with Crippen LogP contribution in [0, 0.1) is 0 Å². The van der Waals surface area contributed by atoms with Crippen LogP contribution in [-0.4, -0.2) is 48.3 Å². The van der Waals surface area contributed by atoms with Gasteiger partial charge in [0.2, 0.25) is 5.89 Å². The Balaban J connectivity index is 1.57. The van der Waals surface area contributed by atoms with Gasteiger partial charge in [0, 0.05) is 31.9 Å². The van der Waals surface area contributed by atoms with Crippen LogP contribution < -0.4 is 10.2 Å². The molecule has 1 saturated heterocycles. The van der Waals surface area contributed by atoms with Gasteiger partial charge in [-0.3, -0.25) is 0 Å². The molecule has 6 nitrogen and oxygen atoms in total. The van der Waals surface area contributed by atoms with E-state index in [0.29, 0.717) is 18.4 Å². The molecule has 3 rings (SSSR count). The van der Waals surface area contributed by atoms with E-state index >= 15 is 0 Å². The third-order valence-electron chi connectivity index (χ3n) is 3.46. The van der Waals surface area contributed by atoms with Crippen molar-refractivity contribution in [1.29, 1.82) is 0 Å². The quantitative estimate of drug-likeness (QED) is 0.909. The molecule has 0 unspecified atom stereocenters. The van der Waals surface area contributed by atoms with Gasteiger partial charge in [-0.15, -0.1) is 0 Å². The van der Waals surface area contributed by atoms with E-state index in [4.69, 9.17) is 4.52 Å². The molecular formula is C14H19N5O. The summed E-state index contributed by atoms with van der Waals surface area (Å²) in [6, 6.07) is 10.00. The Labute approximate surface area is 118 Å². The number of hydrogen-bond donors (Lipinski definition) is 1. The van der Waals surface area contributed by atoms with Crippen LogP contribution in [0.25, 0.3) is 0 Å². The third kappa shape index (κ3) is 3.08. The maximum absolute atomic E-state index is 5.29. The molecule has 1 aromatic heterocycles. The smallest absolute Gasteiger partial charge is 0.266 e. The lowest BCUT2D eigenvalue weighted by atomic mass is 10.3. The van der Waals surface area contributed by atoms with Gasteiger partial charge in [0.15, 0.2) is 0 Å². The molecule has 6 heteroatoms. The zero-order chi connectivity index (χ0) is 13.8. The molecule has 20 heavy (non-hydrogen) atoms. The first-order valence-electron chi connectivity index (χ1n) is 6.86. The highest BCUT2D eigenvalue weighted by atomic mass is 16.5. The molecule has 0 bridgehead atoms. The van der Waals surface area contributed by atoms with Crippen molar-refractivity contribution < 1.29 is 4.52 Å². The normalized spacial score (nSPS) is 16.4. The second-order valence-electron chi connectivity index (χ2n) is 5.00. The Hall–Kier alpha value is -2.08. The van der Waals surface area contributed by atoms with Crippen molar-refractivity contribution in [3.63, 3.8) is 0 Å². The van der Waals surface area contributed by atoms with E-state index in [-0.39, 0.29) is 0 Å². The van der Waals surface area contributed by atoms with Crippen LogP contribution in [0.5, 0.6) is 0 Å². The predicted molar refractivity (Wildman–Crippen MR) is 77.8 cm³/mol. The molecule has 1 aliphatic heterocycles. The Morgan fingerprint density at radius 3 is 2.65 bits per heavy atom. The molecule has 1 aliphatic rings. The Morgan fingerprint density at radius 2 is 1.90 bits per heavy atom. The highest BCUT2D eigenvalue weighted by Gasteiger charge is 2.18. The maximum atomic E-state index is 5.29. The molecule has 0 saturated carbocycles. The lowest BCUT2D eigenvalue weighted by molar-refractivity contribution is 0.308. The molecule has 1 aromatic carbocycles. The lowest BCUT2D eigenvalue weighted by Gasteiger charge is -2.31. The van der Waals surface area contributed by atoms with E-state index in [1.165, 1.54) is 0 Å². The first-order valence-corrected chi connectivity index (χ1v) is 6.86.